The number of Topliss-reactive ketones (excluding diaryl/α,β-unsaturated/α-hetero) is 2. The van der Waals surface area contributed by atoms with Crippen LogP contribution in [0.3, 0.4) is 0 Å². The zero-order valence-electron chi connectivity index (χ0n) is 23.5. The van der Waals surface area contributed by atoms with Gasteiger partial charge in [0.25, 0.3) is 0 Å². The molecular weight excluding hydrogens is 610 g/mol. The van der Waals surface area contributed by atoms with Gasteiger partial charge in [0.2, 0.25) is 5.91 Å². The summed E-state index contributed by atoms with van der Waals surface area (Å²) in [4.78, 5) is 53.0. The van der Waals surface area contributed by atoms with E-state index in [9.17, 15) is 45.5 Å². The Morgan fingerprint density at radius 3 is 1.95 bits per heavy atom. The SMILES string of the molecule is O=C(C[C@@H](COC(F)F)C(=O)N[C@@H](COC(F)F)C(=O)C[C@@H](COC(F)F)C(=O)OCc1ccccc1)CN1CCOCC1. The number of alkyl halides is 6. The molecule has 1 aliphatic heterocycles. The maximum Gasteiger partial charge on any atom is 0.345 e. The second-order valence-electron chi connectivity index (χ2n) is 9.63. The lowest BCUT2D eigenvalue weighted by Gasteiger charge is -2.27. The molecule has 0 radical (unpaired) electrons. The van der Waals surface area contributed by atoms with E-state index in [4.69, 9.17) is 9.47 Å². The summed E-state index contributed by atoms with van der Waals surface area (Å²) >= 11 is 0. The van der Waals surface area contributed by atoms with Crippen molar-refractivity contribution in [2.75, 3.05) is 52.7 Å². The monoisotopic (exact) mass is 644 g/mol. The van der Waals surface area contributed by atoms with Crippen molar-refractivity contribution in [3.63, 3.8) is 0 Å². The fourth-order valence-corrected chi connectivity index (χ4v) is 4.07. The minimum atomic E-state index is -3.40. The van der Waals surface area contributed by atoms with E-state index < -0.39 is 93.8 Å². The molecule has 0 saturated carbocycles. The number of benzene rings is 1. The molecule has 0 unspecified atom stereocenters. The van der Waals surface area contributed by atoms with Crippen LogP contribution in [-0.4, -0.2) is 107 Å². The van der Waals surface area contributed by atoms with Gasteiger partial charge >= 0.3 is 25.8 Å². The zero-order chi connectivity index (χ0) is 32.5. The number of carbonyl (C=O) groups is 4. The second-order valence-corrected chi connectivity index (χ2v) is 9.63. The Bertz CT molecular complexity index is 1030. The Morgan fingerprint density at radius 2 is 1.36 bits per heavy atom. The second kappa shape index (κ2) is 20.0. The average Bonchev–Trinajstić information content (AvgIpc) is 2.98. The summed E-state index contributed by atoms with van der Waals surface area (Å²) in [5, 5.41) is 2.07. The van der Waals surface area contributed by atoms with Crippen LogP contribution in [0.25, 0.3) is 0 Å². The predicted molar refractivity (Wildman–Crippen MR) is 138 cm³/mol. The highest BCUT2D eigenvalue weighted by Gasteiger charge is 2.33. The van der Waals surface area contributed by atoms with Crippen LogP contribution in [-0.2, 0) is 49.5 Å². The van der Waals surface area contributed by atoms with Gasteiger partial charge in [-0.3, -0.25) is 24.1 Å². The van der Waals surface area contributed by atoms with Crippen LogP contribution in [0.1, 0.15) is 18.4 Å². The number of ketones is 2. The molecule has 1 aromatic carbocycles. The first kappa shape index (κ1) is 37.1. The predicted octanol–water partition coefficient (Wildman–Crippen LogP) is 2.42. The number of carbonyl (C=O) groups excluding carboxylic acids is 4. The smallest absolute Gasteiger partial charge is 0.345 e. The van der Waals surface area contributed by atoms with E-state index in [0.717, 1.165) is 0 Å². The van der Waals surface area contributed by atoms with Gasteiger partial charge in [-0.1, -0.05) is 30.3 Å². The standard InChI is InChI=1S/C27H34F6N2O9/c28-25(29)42-14-18(10-20(36)12-35-6-8-40-9-7-35)23(38)34-21(16-44-27(32)33)22(37)11-19(15-43-26(30)31)24(39)41-13-17-4-2-1-3-5-17/h1-5,18-19,21,25-27H,6-16H2,(H,34,38)/t18-,19-,21-/m0/s1. The first-order valence-electron chi connectivity index (χ1n) is 13.5. The first-order valence-corrected chi connectivity index (χ1v) is 13.5. The minimum absolute atomic E-state index is 0.129. The fourth-order valence-electron chi connectivity index (χ4n) is 4.07. The number of hydrogen-bond donors (Lipinski definition) is 1. The van der Waals surface area contributed by atoms with Gasteiger partial charge in [-0.2, -0.15) is 26.3 Å². The highest BCUT2D eigenvalue weighted by molar-refractivity contribution is 5.93. The molecular formula is C27H34F6N2O9. The van der Waals surface area contributed by atoms with E-state index in [1.54, 1.807) is 35.2 Å². The van der Waals surface area contributed by atoms with Gasteiger partial charge in [0.15, 0.2) is 5.78 Å². The van der Waals surface area contributed by atoms with Crippen molar-refractivity contribution in [2.24, 2.45) is 11.8 Å². The lowest BCUT2D eigenvalue weighted by atomic mass is 9.97. The van der Waals surface area contributed by atoms with E-state index in [1.165, 1.54) is 0 Å². The number of rotatable bonds is 21. The Balaban J connectivity index is 2.13. The van der Waals surface area contributed by atoms with Gasteiger partial charge in [-0.25, -0.2) is 0 Å². The van der Waals surface area contributed by atoms with Crippen LogP contribution in [0, 0.1) is 11.8 Å². The molecule has 1 heterocycles. The van der Waals surface area contributed by atoms with Crippen molar-refractivity contribution in [2.45, 2.75) is 45.3 Å². The number of hydrogen-bond acceptors (Lipinski definition) is 10. The topological polar surface area (TPSA) is 130 Å². The van der Waals surface area contributed by atoms with Crippen LogP contribution < -0.4 is 5.32 Å². The molecule has 1 amide bonds. The third-order valence-corrected chi connectivity index (χ3v) is 6.29. The minimum Gasteiger partial charge on any atom is -0.461 e. The lowest BCUT2D eigenvalue weighted by molar-refractivity contribution is -0.167. The molecule has 0 bridgehead atoms. The quantitative estimate of drug-likeness (QED) is 0.157. The van der Waals surface area contributed by atoms with Crippen LogP contribution in [0.5, 0.6) is 0 Å². The van der Waals surface area contributed by atoms with Gasteiger partial charge in [0.1, 0.15) is 18.4 Å². The number of esters is 1. The molecule has 248 valence electrons. The lowest BCUT2D eigenvalue weighted by Crippen LogP contribution is -2.49. The van der Waals surface area contributed by atoms with E-state index in [-0.39, 0.29) is 13.2 Å². The van der Waals surface area contributed by atoms with E-state index in [0.29, 0.717) is 31.9 Å². The highest BCUT2D eigenvalue weighted by atomic mass is 19.3. The molecule has 1 aromatic rings. The Labute approximate surface area is 249 Å². The van der Waals surface area contributed by atoms with Crippen molar-refractivity contribution in [1.82, 2.24) is 10.2 Å². The van der Waals surface area contributed by atoms with Crippen LogP contribution in [0.2, 0.25) is 0 Å². The molecule has 11 nitrogen and oxygen atoms in total. The third-order valence-electron chi connectivity index (χ3n) is 6.29. The fraction of sp³-hybridized carbons (Fsp3) is 0.630. The highest BCUT2D eigenvalue weighted by Crippen LogP contribution is 2.16. The molecule has 1 fully saturated rings. The maximum absolute atomic E-state index is 13.1. The normalized spacial score (nSPS) is 16.1. The van der Waals surface area contributed by atoms with Crippen LogP contribution in [0.15, 0.2) is 30.3 Å². The first-order chi connectivity index (χ1) is 20.9. The molecule has 44 heavy (non-hydrogen) atoms. The molecule has 0 aliphatic carbocycles. The third kappa shape index (κ3) is 15.1. The molecule has 1 aliphatic rings. The van der Waals surface area contributed by atoms with Crippen LogP contribution >= 0.6 is 0 Å². The van der Waals surface area contributed by atoms with Gasteiger partial charge in [-0.15, -0.1) is 0 Å². The van der Waals surface area contributed by atoms with Crippen LogP contribution in [0.4, 0.5) is 26.3 Å². The maximum atomic E-state index is 13.1. The van der Waals surface area contributed by atoms with Crippen molar-refractivity contribution in [3.8, 4) is 0 Å². The number of nitrogens with zero attached hydrogens (tertiary/aromatic N) is 1. The zero-order valence-corrected chi connectivity index (χ0v) is 23.5. The van der Waals surface area contributed by atoms with Gasteiger partial charge in [-0.05, 0) is 5.56 Å². The molecule has 17 heteroatoms. The Hall–Kier alpha value is -3.12. The number of nitrogens with one attached hydrogen (secondary N) is 1. The molecule has 0 spiro atoms. The largest absolute Gasteiger partial charge is 0.461 e. The summed E-state index contributed by atoms with van der Waals surface area (Å²) in [6.07, 6.45) is -1.50. The molecule has 1 N–H and O–H groups in total. The molecule has 1 saturated heterocycles. The van der Waals surface area contributed by atoms with Gasteiger partial charge < -0.3 is 29.0 Å². The van der Waals surface area contributed by atoms with E-state index in [1.807, 2.05) is 0 Å². The Kier molecular flexibility index (Phi) is 16.9. The number of morpholine rings is 1. The van der Waals surface area contributed by atoms with Crippen molar-refractivity contribution < 1.29 is 69.2 Å². The van der Waals surface area contributed by atoms with E-state index in [2.05, 4.69) is 19.5 Å². The number of ether oxygens (including phenoxy) is 5. The Morgan fingerprint density at radius 1 is 0.795 bits per heavy atom. The van der Waals surface area contributed by atoms with Crippen molar-refractivity contribution in [1.29, 1.82) is 0 Å². The summed E-state index contributed by atoms with van der Waals surface area (Å²) in [5.41, 5.74) is 0.538. The van der Waals surface area contributed by atoms with Crippen molar-refractivity contribution in [3.05, 3.63) is 35.9 Å². The molecule has 0 aromatic heterocycles. The van der Waals surface area contributed by atoms with Gasteiger partial charge in [0.05, 0.1) is 51.4 Å². The average molecular weight is 645 g/mol. The van der Waals surface area contributed by atoms with Gasteiger partial charge in [0, 0.05) is 25.9 Å². The summed E-state index contributed by atoms with van der Waals surface area (Å²) in [5.74, 6) is -7.15. The number of amides is 1. The molecule has 2 rings (SSSR count). The number of halogens is 6. The summed E-state index contributed by atoms with van der Waals surface area (Å²) in [6.45, 7) is -11.9. The summed E-state index contributed by atoms with van der Waals surface area (Å²) in [7, 11) is 0. The van der Waals surface area contributed by atoms with Crippen molar-refractivity contribution >= 4 is 23.4 Å². The van der Waals surface area contributed by atoms with E-state index >= 15 is 0 Å². The summed E-state index contributed by atoms with van der Waals surface area (Å²) < 4.78 is 99.5. The summed E-state index contributed by atoms with van der Waals surface area (Å²) in [6, 6.07) is 6.32. The molecule has 3 atom stereocenters.